The van der Waals surface area contributed by atoms with Gasteiger partial charge in [0.2, 0.25) is 0 Å². The molecule has 0 aliphatic carbocycles. The molecular formula is C30H31N7O2. The number of ether oxygens (including phenoxy) is 1. The molecule has 1 aliphatic heterocycles. The van der Waals surface area contributed by atoms with Gasteiger partial charge in [-0.05, 0) is 54.7 Å². The Morgan fingerprint density at radius 3 is 2.51 bits per heavy atom. The average Bonchev–Trinajstić information content (AvgIpc) is 3.33. The summed E-state index contributed by atoms with van der Waals surface area (Å²) in [6, 6.07) is 19.2. The molecule has 198 valence electrons. The van der Waals surface area contributed by atoms with E-state index in [1.54, 1.807) is 11.0 Å². The summed E-state index contributed by atoms with van der Waals surface area (Å²) in [5, 5.41) is 15.3. The summed E-state index contributed by atoms with van der Waals surface area (Å²) in [6.45, 7) is 6.92. The van der Waals surface area contributed by atoms with Gasteiger partial charge in [0.15, 0.2) is 5.65 Å². The molecule has 0 radical (unpaired) electrons. The van der Waals surface area contributed by atoms with Crippen molar-refractivity contribution in [2.24, 2.45) is 5.41 Å². The number of fused-ring (bicyclic) bond motifs is 1. The maximum atomic E-state index is 13.2. The normalized spacial score (nSPS) is 16.2. The van der Waals surface area contributed by atoms with Crippen molar-refractivity contribution in [3.63, 3.8) is 0 Å². The lowest BCUT2D eigenvalue weighted by Crippen LogP contribution is -2.41. The van der Waals surface area contributed by atoms with Crippen LogP contribution < -0.4 is 10.5 Å². The van der Waals surface area contributed by atoms with Gasteiger partial charge in [-0.1, -0.05) is 45.0 Å². The number of benzene rings is 2. The maximum absolute atomic E-state index is 13.2. The van der Waals surface area contributed by atoms with Gasteiger partial charge >= 0.3 is 0 Å². The van der Waals surface area contributed by atoms with E-state index in [-0.39, 0.29) is 22.9 Å². The van der Waals surface area contributed by atoms with Crippen LogP contribution in [0.3, 0.4) is 0 Å². The number of nitrogen functional groups attached to an aromatic ring is 1. The van der Waals surface area contributed by atoms with E-state index < -0.39 is 0 Å². The molecule has 0 unspecified atom stereocenters. The summed E-state index contributed by atoms with van der Waals surface area (Å²) in [4.78, 5) is 23.7. The van der Waals surface area contributed by atoms with Gasteiger partial charge in [0, 0.05) is 18.7 Å². The predicted octanol–water partition coefficient (Wildman–Crippen LogP) is 5.53. The van der Waals surface area contributed by atoms with Crippen LogP contribution >= 0.6 is 0 Å². The van der Waals surface area contributed by atoms with Crippen LogP contribution in [0.5, 0.6) is 11.5 Å². The number of nitriles is 1. The number of rotatable bonds is 5. The van der Waals surface area contributed by atoms with Crippen LogP contribution in [0.15, 0.2) is 72.6 Å². The van der Waals surface area contributed by atoms with Crippen molar-refractivity contribution in [2.75, 3.05) is 18.8 Å². The number of piperidine rings is 1. The Morgan fingerprint density at radius 1 is 1.10 bits per heavy atom. The van der Waals surface area contributed by atoms with Gasteiger partial charge in [0.05, 0.1) is 11.4 Å². The molecule has 9 heteroatoms. The zero-order valence-corrected chi connectivity index (χ0v) is 22.3. The van der Waals surface area contributed by atoms with E-state index >= 15 is 0 Å². The van der Waals surface area contributed by atoms with Crippen molar-refractivity contribution >= 4 is 22.8 Å². The molecule has 1 fully saturated rings. The second-order valence-electron chi connectivity index (χ2n) is 10.8. The van der Waals surface area contributed by atoms with Gasteiger partial charge in [0.1, 0.15) is 41.0 Å². The number of nitrogens with two attached hydrogens (primary N) is 1. The first-order valence-corrected chi connectivity index (χ1v) is 13.0. The van der Waals surface area contributed by atoms with Crippen molar-refractivity contribution in [1.82, 2.24) is 24.6 Å². The monoisotopic (exact) mass is 521 g/mol. The summed E-state index contributed by atoms with van der Waals surface area (Å²) in [5.41, 5.74) is 8.35. The number of nitrogens with zero attached hydrogens (tertiary/aromatic N) is 6. The second-order valence-corrected chi connectivity index (χ2v) is 10.8. The Balaban J connectivity index is 1.46. The highest BCUT2D eigenvalue weighted by molar-refractivity contribution is 5.99. The van der Waals surface area contributed by atoms with Crippen molar-refractivity contribution in [3.8, 4) is 28.8 Å². The minimum atomic E-state index is -0.279. The molecule has 9 nitrogen and oxygen atoms in total. The summed E-state index contributed by atoms with van der Waals surface area (Å²) >= 11 is 0. The Bertz CT molecular complexity index is 1560. The third-order valence-electron chi connectivity index (χ3n) is 6.58. The van der Waals surface area contributed by atoms with Crippen molar-refractivity contribution in [2.45, 2.75) is 39.7 Å². The largest absolute Gasteiger partial charge is 0.457 e. The molecule has 5 rings (SSSR count). The Labute approximate surface area is 227 Å². The minimum absolute atomic E-state index is 0.122. The fourth-order valence-electron chi connectivity index (χ4n) is 4.84. The Kier molecular flexibility index (Phi) is 7.03. The molecule has 0 saturated carbocycles. The lowest BCUT2D eigenvalue weighted by atomic mass is 9.93. The van der Waals surface area contributed by atoms with Gasteiger partial charge in [-0.2, -0.15) is 10.4 Å². The van der Waals surface area contributed by atoms with Gasteiger partial charge in [-0.15, -0.1) is 0 Å². The molecule has 2 aromatic heterocycles. The van der Waals surface area contributed by atoms with Gasteiger partial charge in [-0.25, -0.2) is 14.6 Å². The van der Waals surface area contributed by atoms with E-state index in [1.165, 1.54) is 6.33 Å². The van der Waals surface area contributed by atoms with Crippen molar-refractivity contribution < 1.29 is 9.53 Å². The minimum Gasteiger partial charge on any atom is -0.457 e. The molecule has 4 aromatic rings. The van der Waals surface area contributed by atoms with Crippen LogP contribution in [0, 0.1) is 16.7 Å². The number of allylic oxidation sites excluding steroid dienone is 1. The van der Waals surface area contributed by atoms with Crippen LogP contribution in [0.2, 0.25) is 0 Å². The Morgan fingerprint density at radius 2 is 1.82 bits per heavy atom. The number of aromatic nitrogens is 4. The molecule has 1 atom stereocenters. The molecule has 1 saturated heterocycles. The third-order valence-corrected chi connectivity index (χ3v) is 6.58. The number of likely N-dealkylation sites (tertiary alicyclic amines) is 1. The van der Waals surface area contributed by atoms with Crippen LogP contribution in [-0.4, -0.2) is 43.6 Å². The van der Waals surface area contributed by atoms with E-state index in [1.807, 2.05) is 80.1 Å². The highest BCUT2D eigenvalue weighted by Crippen LogP contribution is 2.35. The predicted molar refractivity (Wildman–Crippen MR) is 150 cm³/mol. The quantitative estimate of drug-likeness (QED) is 0.271. The van der Waals surface area contributed by atoms with E-state index in [0.717, 1.165) is 24.2 Å². The standard InChI is InChI=1S/C30H31N7O2/c1-30(2,3)16-21(17-31)29(38)36-15-7-8-22(18-36)37-28-25(27(32)33-19-34-28)26(35-37)20-11-13-24(14-12-20)39-23-9-5-4-6-10-23/h4-6,9-14,16,19,22H,7-8,15,18H2,1-3H3,(H2,32,33,34)/b21-16-/t22-/m0/s1. The zero-order valence-electron chi connectivity index (χ0n) is 22.3. The fraction of sp³-hybridized carbons (Fsp3) is 0.300. The number of anilines is 1. The molecule has 39 heavy (non-hydrogen) atoms. The number of amides is 1. The van der Waals surface area contributed by atoms with Crippen molar-refractivity contribution in [1.29, 1.82) is 5.26 Å². The smallest absolute Gasteiger partial charge is 0.264 e. The van der Waals surface area contributed by atoms with Crippen LogP contribution in [0.25, 0.3) is 22.3 Å². The van der Waals surface area contributed by atoms with Crippen molar-refractivity contribution in [3.05, 3.63) is 72.6 Å². The molecular weight excluding hydrogens is 490 g/mol. The first-order chi connectivity index (χ1) is 18.7. The summed E-state index contributed by atoms with van der Waals surface area (Å²) < 4.78 is 7.79. The lowest BCUT2D eigenvalue weighted by Gasteiger charge is -2.33. The molecule has 3 heterocycles. The van der Waals surface area contributed by atoms with Gasteiger partial charge in [0.25, 0.3) is 5.91 Å². The maximum Gasteiger partial charge on any atom is 0.264 e. The highest BCUT2D eigenvalue weighted by Gasteiger charge is 2.30. The van der Waals surface area contributed by atoms with Crippen LogP contribution in [0.1, 0.15) is 39.7 Å². The first-order valence-electron chi connectivity index (χ1n) is 13.0. The van der Waals surface area contributed by atoms with Crippen LogP contribution in [-0.2, 0) is 4.79 Å². The molecule has 0 bridgehead atoms. The van der Waals surface area contributed by atoms with Crippen LogP contribution in [0.4, 0.5) is 5.82 Å². The third kappa shape index (κ3) is 5.60. The molecule has 0 spiro atoms. The topological polar surface area (TPSA) is 123 Å². The summed E-state index contributed by atoms with van der Waals surface area (Å²) in [6.07, 6.45) is 4.77. The SMILES string of the molecule is CC(C)(C)/C=C(/C#N)C(=O)N1CCC[C@H](n2nc(-c3ccc(Oc4ccccc4)cc3)c3c(N)ncnc32)C1. The number of carbonyl (C=O) groups is 1. The zero-order chi connectivity index (χ0) is 27.6. The highest BCUT2D eigenvalue weighted by atomic mass is 16.5. The van der Waals surface area contributed by atoms with E-state index in [4.69, 9.17) is 15.6 Å². The average molecular weight is 522 g/mol. The lowest BCUT2D eigenvalue weighted by molar-refractivity contribution is -0.128. The summed E-state index contributed by atoms with van der Waals surface area (Å²) in [5.74, 6) is 1.55. The van der Waals surface area contributed by atoms with E-state index in [0.29, 0.717) is 41.4 Å². The summed E-state index contributed by atoms with van der Waals surface area (Å²) in [7, 11) is 0. The first kappa shape index (κ1) is 25.9. The molecule has 1 amide bonds. The second kappa shape index (κ2) is 10.6. The van der Waals surface area contributed by atoms with Gasteiger partial charge < -0.3 is 15.4 Å². The number of hydrogen-bond donors (Lipinski definition) is 1. The van der Waals surface area contributed by atoms with E-state index in [9.17, 15) is 10.1 Å². The molecule has 2 aromatic carbocycles. The molecule has 2 N–H and O–H groups in total. The number of hydrogen-bond acceptors (Lipinski definition) is 7. The number of para-hydroxylation sites is 1. The van der Waals surface area contributed by atoms with Gasteiger partial charge in [-0.3, -0.25) is 4.79 Å². The number of carbonyl (C=O) groups excluding carboxylic acids is 1. The van der Waals surface area contributed by atoms with E-state index in [2.05, 4.69) is 16.0 Å². The fourth-order valence-corrected chi connectivity index (χ4v) is 4.84. The Hall–Kier alpha value is -4.71. The molecule has 1 aliphatic rings.